The molecule has 5 heteroatoms. The smallest absolute Gasteiger partial charge is 0.264 e. The van der Waals surface area contributed by atoms with E-state index < -0.39 is 6.10 Å². The monoisotopic (exact) mass is 365 g/mol. The SMILES string of the molecule is Cc1ccc(C)c(C2=NOC(C(=O)NCc3cccc(CN(C)C)c3)C2)c1. The second kappa shape index (κ2) is 8.35. The first kappa shape index (κ1) is 19.1. The number of amides is 1. The average molecular weight is 365 g/mol. The molecule has 0 aliphatic carbocycles. The molecular weight excluding hydrogens is 338 g/mol. The lowest BCUT2D eigenvalue weighted by Gasteiger charge is -2.12. The summed E-state index contributed by atoms with van der Waals surface area (Å²) in [5.41, 5.74) is 6.51. The van der Waals surface area contributed by atoms with Gasteiger partial charge in [-0.1, -0.05) is 47.1 Å². The van der Waals surface area contributed by atoms with Crippen molar-refractivity contribution in [1.82, 2.24) is 10.2 Å². The van der Waals surface area contributed by atoms with E-state index in [9.17, 15) is 4.79 Å². The number of hydrogen-bond acceptors (Lipinski definition) is 4. The van der Waals surface area contributed by atoms with Gasteiger partial charge in [0.15, 0.2) is 0 Å². The highest BCUT2D eigenvalue weighted by Crippen LogP contribution is 2.21. The summed E-state index contributed by atoms with van der Waals surface area (Å²) in [5.74, 6) is -0.128. The molecular formula is C22H27N3O2. The highest BCUT2D eigenvalue weighted by Gasteiger charge is 2.29. The zero-order valence-corrected chi connectivity index (χ0v) is 16.5. The Bertz CT molecular complexity index is 858. The van der Waals surface area contributed by atoms with E-state index in [1.807, 2.05) is 40.1 Å². The highest BCUT2D eigenvalue weighted by atomic mass is 16.6. The first-order valence-corrected chi connectivity index (χ1v) is 9.23. The Hall–Kier alpha value is -2.66. The molecule has 0 saturated heterocycles. The molecule has 0 radical (unpaired) electrons. The van der Waals surface area contributed by atoms with Crippen molar-refractivity contribution in [2.45, 2.75) is 39.5 Å². The fraction of sp³-hybridized carbons (Fsp3) is 0.364. The number of rotatable bonds is 6. The molecule has 1 unspecified atom stereocenters. The molecule has 3 rings (SSSR count). The van der Waals surface area contributed by atoms with Crippen LogP contribution in [0.2, 0.25) is 0 Å². The fourth-order valence-electron chi connectivity index (χ4n) is 3.23. The van der Waals surface area contributed by atoms with Crippen LogP contribution in [0.5, 0.6) is 0 Å². The van der Waals surface area contributed by atoms with E-state index in [4.69, 9.17) is 4.84 Å². The van der Waals surface area contributed by atoms with Gasteiger partial charge in [-0.05, 0) is 50.7 Å². The Kier molecular flexibility index (Phi) is 5.91. The van der Waals surface area contributed by atoms with Crippen LogP contribution < -0.4 is 5.32 Å². The van der Waals surface area contributed by atoms with Gasteiger partial charge in [-0.15, -0.1) is 0 Å². The molecule has 0 aromatic heterocycles. The maximum Gasteiger partial charge on any atom is 0.264 e. The number of nitrogens with one attached hydrogen (secondary N) is 1. The van der Waals surface area contributed by atoms with Crippen molar-refractivity contribution in [1.29, 1.82) is 0 Å². The van der Waals surface area contributed by atoms with E-state index in [1.165, 1.54) is 11.1 Å². The van der Waals surface area contributed by atoms with Crippen LogP contribution in [-0.2, 0) is 22.7 Å². The van der Waals surface area contributed by atoms with Crippen molar-refractivity contribution in [2.75, 3.05) is 14.1 Å². The highest BCUT2D eigenvalue weighted by molar-refractivity contribution is 6.05. The quantitative estimate of drug-likeness (QED) is 0.855. The summed E-state index contributed by atoms with van der Waals surface area (Å²) >= 11 is 0. The van der Waals surface area contributed by atoms with E-state index in [0.717, 1.165) is 28.9 Å². The van der Waals surface area contributed by atoms with Crippen LogP contribution >= 0.6 is 0 Å². The minimum atomic E-state index is -0.565. The molecule has 1 amide bonds. The molecule has 1 aliphatic rings. The summed E-state index contributed by atoms with van der Waals surface area (Å²) in [6.45, 7) is 5.46. The number of hydrogen-bond donors (Lipinski definition) is 1. The molecule has 1 aliphatic heterocycles. The van der Waals surface area contributed by atoms with Gasteiger partial charge in [-0.25, -0.2) is 0 Å². The lowest BCUT2D eigenvalue weighted by molar-refractivity contribution is -0.131. The zero-order chi connectivity index (χ0) is 19.4. The van der Waals surface area contributed by atoms with Gasteiger partial charge in [-0.2, -0.15) is 0 Å². The molecule has 0 bridgehead atoms. The predicted molar refractivity (Wildman–Crippen MR) is 108 cm³/mol. The second-order valence-electron chi connectivity index (χ2n) is 7.43. The molecule has 142 valence electrons. The summed E-state index contributed by atoms with van der Waals surface area (Å²) in [6.07, 6.45) is -0.0681. The normalized spacial score (nSPS) is 16.2. The number of oxime groups is 1. The first-order chi connectivity index (χ1) is 12.9. The Morgan fingerprint density at radius 2 is 1.96 bits per heavy atom. The van der Waals surface area contributed by atoms with Crippen molar-refractivity contribution in [3.05, 3.63) is 70.3 Å². The standard InChI is InChI=1S/C22H27N3O2/c1-15-8-9-16(2)19(10-15)20-12-21(27-24-20)22(26)23-13-17-6-5-7-18(11-17)14-25(3)4/h5-11,21H,12-14H2,1-4H3,(H,23,26). The lowest BCUT2D eigenvalue weighted by Crippen LogP contribution is -2.34. The molecule has 2 aromatic rings. The number of aryl methyl sites for hydroxylation is 2. The molecule has 1 heterocycles. The Morgan fingerprint density at radius 3 is 2.74 bits per heavy atom. The van der Waals surface area contributed by atoms with Crippen molar-refractivity contribution >= 4 is 11.6 Å². The van der Waals surface area contributed by atoms with E-state index in [2.05, 4.69) is 45.7 Å². The van der Waals surface area contributed by atoms with Crippen LogP contribution in [-0.4, -0.2) is 36.7 Å². The van der Waals surface area contributed by atoms with Gasteiger partial charge in [-0.3, -0.25) is 4.79 Å². The van der Waals surface area contributed by atoms with Gasteiger partial charge >= 0.3 is 0 Å². The molecule has 0 spiro atoms. The topological polar surface area (TPSA) is 53.9 Å². The van der Waals surface area contributed by atoms with E-state index in [-0.39, 0.29) is 5.91 Å². The van der Waals surface area contributed by atoms with Gasteiger partial charge in [0.05, 0.1) is 5.71 Å². The molecule has 5 nitrogen and oxygen atoms in total. The minimum absolute atomic E-state index is 0.128. The summed E-state index contributed by atoms with van der Waals surface area (Å²) in [7, 11) is 4.08. The van der Waals surface area contributed by atoms with Crippen LogP contribution in [0.4, 0.5) is 0 Å². The minimum Gasteiger partial charge on any atom is -0.382 e. The van der Waals surface area contributed by atoms with Gasteiger partial charge in [0, 0.05) is 25.1 Å². The van der Waals surface area contributed by atoms with Gasteiger partial charge in [0.25, 0.3) is 5.91 Å². The Balaban J connectivity index is 1.57. The van der Waals surface area contributed by atoms with Crippen molar-refractivity contribution in [3.63, 3.8) is 0 Å². The summed E-state index contributed by atoms with van der Waals surface area (Å²) < 4.78 is 0. The van der Waals surface area contributed by atoms with Crippen LogP contribution in [0.1, 0.15) is 34.2 Å². The summed E-state index contributed by atoms with van der Waals surface area (Å²) in [4.78, 5) is 20.0. The van der Waals surface area contributed by atoms with Crippen molar-refractivity contribution in [2.24, 2.45) is 5.16 Å². The van der Waals surface area contributed by atoms with Crippen LogP contribution in [0, 0.1) is 13.8 Å². The number of carbonyl (C=O) groups is 1. The van der Waals surface area contributed by atoms with Crippen molar-refractivity contribution in [3.8, 4) is 0 Å². The predicted octanol–water partition coefficient (Wildman–Crippen LogP) is 3.17. The third-order valence-corrected chi connectivity index (χ3v) is 4.62. The Morgan fingerprint density at radius 1 is 1.19 bits per heavy atom. The summed E-state index contributed by atoms with van der Waals surface area (Å²) in [5, 5.41) is 7.13. The number of carbonyl (C=O) groups excluding carboxylic acids is 1. The molecule has 27 heavy (non-hydrogen) atoms. The van der Waals surface area contributed by atoms with Crippen molar-refractivity contribution < 1.29 is 9.63 Å². The largest absolute Gasteiger partial charge is 0.382 e. The van der Waals surface area contributed by atoms with Crippen LogP contribution in [0.15, 0.2) is 47.6 Å². The number of nitrogens with zero attached hydrogens (tertiary/aromatic N) is 2. The fourth-order valence-corrected chi connectivity index (χ4v) is 3.23. The lowest BCUT2D eigenvalue weighted by atomic mass is 9.98. The van der Waals surface area contributed by atoms with Gasteiger partial charge in [0.2, 0.25) is 6.10 Å². The second-order valence-corrected chi connectivity index (χ2v) is 7.43. The van der Waals surface area contributed by atoms with E-state index in [0.29, 0.717) is 13.0 Å². The van der Waals surface area contributed by atoms with E-state index >= 15 is 0 Å². The molecule has 1 atom stereocenters. The maximum absolute atomic E-state index is 12.5. The third kappa shape index (κ3) is 4.95. The zero-order valence-electron chi connectivity index (χ0n) is 16.5. The third-order valence-electron chi connectivity index (χ3n) is 4.62. The molecule has 0 saturated carbocycles. The van der Waals surface area contributed by atoms with Crippen LogP contribution in [0.25, 0.3) is 0 Å². The molecule has 1 N–H and O–H groups in total. The van der Waals surface area contributed by atoms with E-state index in [1.54, 1.807) is 0 Å². The summed E-state index contributed by atoms with van der Waals surface area (Å²) in [6, 6.07) is 14.5. The molecule has 2 aromatic carbocycles. The average Bonchev–Trinajstić information content (AvgIpc) is 3.11. The van der Waals surface area contributed by atoms with Gasteiger partial charge in [0.1, 0.15) is 0 Å². The van der Waals surface area contributed by atoms with Crippen LogP contribution in [0.3, 0.4) is 0 Å². The van der Waals surface area contributed by atoms with Gasteiger partial charge < -0.3 is 15.1 Å². The molecule has 0 fully saturated rings. The maximum atomic E-state index is 12.5. The number of benzene rings is 2. The Labute approximate surface area is 161 Å². The first-order valence-electron chi connectivity index (χ1n) is 9.23.